The van der Waals surface area contributed by atoms with Crippen LogP contribution in [0.25, 0.3) is 22.2 Å². The minimum atomic E-state index is -0.962. The number of aromatic nitrogens is 1. The molecule has 1 amide bonds. The Morgan fingerprint density at radius 1 is 0.929 bits per heavy atom. The monoisotopic (exact) mass is 643 g/mol. The summed E-state index contributed by atoms with van der Waals surface area (Å²) in [5, 5.41) is 8.51. The molecule has 1 aliphatic rings. The number of carbonyl (C=O) groups is 2. The Balaban J connectivity index is 1.34. The van der Waals surface area contributed by atoms with Gasteiger partial charge < -0.3 is 15.4 Å². The van der Waals surface area contributed by atoms with Gasteiger partial charge in [-0.25, -0.2) is 9.78 Å². The number of pyridine rings is 1. The number of nitrogens with zero attached hydrogens (tertiary/aromatic N) is 1. The molecule has 1 aliphatic heterocycles. The summed E-state index contributed by atoms with van der Waals surface area (Å²) in [5.41, 5.74) is 3.97. The maximum Gasteiger partial charge on any atom is 0.328 e. The molecule has 5 rings (SSSR count). The second kappa shape index (κ2) is 13.6. The number of hydrogen-bond donors (Lipinski definition) is 2. The zero-order valence-electron chi connectivity index (χ0n) is 22.9. The molecular formula is C32H29Cl4N3O3. The highest BCUT2D eigenvalue weighted by Crippen LogP contribution is 2.34. The Hall–Kier alpha value is -2.87. The Morgan fingerprint density at radius 3 is 2.29 bits per heavy atom. The van der Waals surface area contributed by atoms with Crippen molar-refractivity contribution in [3.05, 3.63) is 97.4 Å². The Kier molecular flexibility index (Phi) is 9.92. The van der Waals surface area contributed by atoms with E-state index in [4.69, 9.17) is 56.1 Å². The molecule has 218 valence electrons. The maximum absolute atomic E-state index is 13.3. The van der Waals surface area contributed by atoms with Crippen LogP contribution in [0, 0.1) is 5.92 Å². The largest absolute Gasteiger partial charge is 0.467 e. The number of rotatable bonds is 8. The standard InChI is InChI=1S/C32H29Cl4N3O3/c1-42-32(41)28(39-31(40)30-24(35)15-20(16-25(30)36)13-18-9-11-37-12-10-18)17-19-5-7-26-21(14-19)6-8-27(38-26)29-22(33)3-2-4-23(29)34/h2-8,14-16,18,28,37H,9-13,17H2,1H3,(H,39,40)/t28-/m0/s1. The van der Waals surface area contributed by atoms with E-state index < -0.39 is 17.9 Å². The number of fused-ring (bicyclic) bond motifs is 1. The normalized spacial score (nSPS) is 14.5. The van der Waals surface area contributed by atoms with Crippen molar-refractivity contribution in [2.75, 3.05) is 20.2 Å². The average molecular weight is 645 g/mol. The highest BCUT2D eigenvalue weighted by Gasteiger charge is 2.26. The number of methoxy groups -OCH3 is 1. The molecule has 1 aromatic heterocycles. The van der Waals surface area contributed by atoms with E-state index in [1.165, 1.54) is 7.11 Å². The summed E-state index contributed by atoms with van der Waals surface area (Å²) in [5.74, 6) is -0.586. The van der Waals surface area contributed by atoms with Crippen LogP contribution < -0.4 is 10.6 Å². The van der Waals surface area contributed by atoms with E-state index in [1.807, 2.05) is 30.3 Å². The van der Waals surface area contributed by atoms with Crippen LogP contribution in [0.2, 0.25) is 20.1 Å². The minimum Gasteiger partial charge on any atom is -0.467 e. The first-order valence-corrected chi connectivity index (χ1v) is 15.2. The van der Waals surface area contributed by atoms with Crippen molar-refractivity contribution < 1.29 is 14.3 Å². The van der Waals surface area contributed by atoms with Crippen molar-refractivity contribution in [3.63, 3.8) is 0 Å². The van der Waals surface area contributed by atoms with Crippen molar-refractivity contribution in [3.8, 4) is 11.3 Å². The summed E-state index contributed by atoms with van der Waals surface area (Å²) < 4.78 is 5.00. The molecule has 0 unspecified atom stereocenters. The van der Waals surface area contributed by atoms with Crippen LogP contribution in [0.1, 0.15) is 34.3 Å². The summed E-state index contributed by atoms with van der Waals surface area (Å²) in [6, 6.07) is 17.3. The van der Waals surface area contributed by atoms with Crippen LogP contribution in [0.5, 0.6) is 0 Å². The molecule has 3 aromatic carbocycles. The molecule has 2 heterocycles. The molecule has 1 fully saturated rings. The highest BCUT2D eigenvalue weighted by molar-refractivity contribution is 6.40. The quantitative estimate of drug-likeness (QED) is 0.193. The lowest BCUT2D eigenvalue weighted by Gasteiger charge is -2.23. The lowest BCUT2D eigenvalue weighted by atomic mass is 9.90. The lowest BCUT2D eigenvalue weighted by Crippen LogP contribution is -2.43. The van der Waals surface area contributed by atoms with Crippen LogP contribution in [-0.4, -0.2) is 43.1 Å². The smallest absolute Gasteiger partial charge is 0.328 e. The first-order chi connectivity index (χ1) is 20.2. The van der Waals surface area contributed by atoms with E-state index in [-0.39, 0.29) is 22.0 Å². The van der Waals surface area contributed by atoms with Crippen molar-refractivity contribution >= 4 is 69.2 Å². The molecule has 2 N–H and O–H groups in total. The number of esters is 1. The lowest BCUT2D eigenvalue weighted by molar-refractivity contribution is -0.142. The molecule has 0 radical (unpaired) electrons. The fraction of sp³-hybridized carbons (Fsp3) is 0.281. The van der Waals surface area contributed by atoms with Crippen LogP contribution in [-0.2, 0) is 22.4 Å². The molecule has 1 atom stereocenters. The van der Waals surface area contributed by atoms with E-state index >= 15 is 0 Å². The van der Waals surface area contributed by atoms with Crippen LogP contribution >= 0.6 is 46.4 Å². The van der Waals surface area contributed by atoms with Crippen molar-refractivity contribution in [2.45, 2.75) is 31.7 Å². The van der Waals surface area contributed by atoms with E-state index in [2.05, 4.69) is 10.6 Å². The number of benzene rings is 3. The molecule has 42 heavy (non-hydrogen) atoms. The zero-order valence-corrected chi connectivity index (χ0v) is 25.9. The number of carbonyl (C=O) groups excluding carboxylic acids is 2. The van der Waals surface area contributed by atoms with Gasteiger partial charge in [0.15, 0.2) is 0 Å². The molecule has 4 aromatic rings. The summed E-state index contributed by atoms with van der Waals surface area (Å²) in [6.45, 7) is 1.99. The Morgan fingerprint density at radius 2 is 1.62 bits per heavy atom. The van der Waals surface area contributed by atoms with Gasteiger partial charge >= 0.3 is 5.97 Å². The topological polar surface area (TPSA) is 80.3 Å². The van der Waals surface area contributed by atoms with Gasteiger partial charge in [0.25, 0.3) is 5.91 Å². The third-order valence-electron chi connectivity index (χ3n) is 7.52. The van der Waals surface area contributed by atoms with Gasteiger partial charge in [0.05, 0.1) is 44.0 Å². The molecule has 10 heteroatoms. The van der Waals surface area contributed by atoms with Gasteiger partial charge in [0.1, 0.15) is 6.04 Å². The number of amides is 1. The van der Waals surface area contributed by atoms with Crippen molar-refractivity contribution in [1.82, 2.24) is 15.6 Å². The third-order valence-corrected chi connectivity index (χ3v) is 8.74. The van der Waals surface area contributed by atoms with E-state index in [1.54, 1.807) is 30.3 Å². The van der Waals surface area contributed by atoms with E-state index in [0.29, 0.717) is 27.2 Å². The Labute approximate surface area is 264 Å². The molecule has 0 aliphatic carbocycles. The van der Waals surface area contributed by atoms with Crippen LogP contribution in [0.4, 0.5) is 0 Å². The van der Waals surface area contributed by atoms with Crippen LogP contribution in [0.15, 0.2) is 60.7 Å². The summed E-state index contributed by atoms with van der Waals surface area (Å²) in [6.07, 6.45) is 3.20. The van der Waals surface area contributed by atoms with Gasteiger partial charge in [-0.2, -0.15) is 0 Å². The predicted octanol–water partition coefficient (Wildman–Crippen LogP) is 7.57. The molecule has 1 saturated heterocycles. The van der Waals surface area contributed by atoms with Gasteiger partial charge in [-0.15, -0.1) is 0 Å². The van der Waals surface area contributed by atoms with Gasteiger partial charge in [0, 0.05) is 17.4 Å². The van der Waals surface area contributed by atoms with Crippen molar-refractivity contribution in [2.24, 2.45) is 5.92 Å². The summed E-state index contributed by atoms with van der Waals surface area (Å²) in [7, 11) is 1.28. The van der Waals surface area contributed by atoms with E-state index in [0.717, 1.165) is 54.4 Å². The Bertz CT molecular complexity index is 1600. The fourth-order valence-electron chi connectivity index (χ4n) is 5.36. The summed E-state index contributed by atoms with van der Waals surface area (Å²) in [4.78, 5) is 30.8. The number of ether oxygens (including phenoxy) is 1. The molecule has 0 bridgehead atoms. The molecular weight excluding hydrogens is 616 g/mol. The van der Waals surface area contributed by atoms with E-state index in [9.17, 15) is 9.59 Å². The third kappa shape index (κ3) is 7.01. The molecule has 6 nitrogen and oxygen atoms in total. The SMILES string of the molecule is COC(=O)[C@H](Cc1ccc2nc(-c3c(Cl)cccc3Cl)ccc2c1)NC(=O)c1c(Cl)cc(CC2CCNCC2)cc1Cl. The second-order valence-electron chi connectivity index (χ2n) is 10.4. The number of halogens is 4. The fourth-order valence-corrected chi connectivity index (χ4v) is 6.66. The van der Waals surface area contributed by atoms with Gasteiger partial charge in [0.2, 0.25) is 0 Å². The second-order valence-corrected chi connectivity index (χ2v) is 12.0. The average Bonchev–Trinajstić information content (AvgIpc) is 2.96. The zero-order chi connectivity index (χ0) is 29.8. The maximum atomic E-state index is 13.3. The van der Waals surface area contributed by atoms with Crippen LogP contribution in [0.3, 0.4) is 0 Å². The number of hydrogen-bond acceptors (Lipinski definition) is 5. The molecule has 0 spiro atoms. The van der Waals surface area contributed by atoms with Crippen molar-refractivity contribution in [1.29, 1.82) is 0 Å². The number of piperidine rings is 1. The minimum absolute atomic E-state index is 0.134. The van der Waals surface area contributed by atoms with Gasteiger partial charge in [-0.05, 0) is 91.9 Å². The predicted molar refractivity (Wildman–Crippen MR) is 170 cm³/mol. The van der Waals surface area contributed by atoms with Gasteiger partial charge in [-0.1, -0.05) is 64.6 Å². The highest BCUT2D eigenvalue weighted by atomic mass is 35.5. The summed E-state index contributed by atoms with van der Waals surface area (Å²) >= 11 is 25.8. The molecule has 0 saturated carbocycles. The first kappa shape index (κ1) is 30.6. The van der Waals surface area contributed by atoms with Gasteiger partial charge in [-0.3, -0.25) is 4.79 Å². The first-order valence-electron chi connectivity index (χ1n) is 13.6. The number of nitrogens with one attached hydrogen (secondary N) is 2.